The standard InChI is InChI=1S/C18H21N3O3S/c1-12-11-14(13(2)25-12)15(22)6-7-17(23)20-10-8-18(24)21-16-5-3-4-9-19-16/h3-5,9,11H,6-8,10H2,1-2H3,(H,20,23)(H,19,21,24). The van der Waals surface area contributed by atoms with E-state index in [1.807, 2.05) is 19.9 Å². The molecule has 0 aliphatic heterocycles. The number of hydrogen-bond donors (Lipinski definition) is 2. The number of Topliss-reactive ketones (excluding diaryl/α,β-unsaturated/α-hetero) is 1. The molecule has 2 rings (SSSR count). The molecule has 0 spiro atoms. The summed E-state index contributed by atoms with van der Waals surface area (Å²) < 4.78 is 0. The summed E-state index contributed by atoms with van der Waals surface area (Å²) in [6.45, 7) is 4.09. The third-order valence-electron chi connectivity index (χ3n) is 3.53. The van der Waals surface area contributed by atoms with Crippen molar-refractivity contribution in [2.75, 3.05) is 11.9 Å². The predicted octanol–water partition coefficient (Wildman–Crippen LogP) is 2.87. The Hall–Kier alpha value is -2.54. The molecule has 0 atom stereocenters. The van der Waals surface area contributed by atoms with Gasteiger partial charge in [-0.15, -0.1) is 11.3 Å². The number of anilines is 1. The van der Waals surface area contributed by atoms with Crippen LogP contribution in [0.5, 0.6) is 0 Å². The fraction of sp³-hybridized carbons (Fsp3) is 0.333. The number of carbonyl (C=O) groups excluding carboxylic acids is 3. The van der Waals surface area contributed by atoms with Gasteiger partial charge in [0.15, 0.2) is 5.78 Å². The van der Waals surface area contributed by atoms with Crippen LogP contribution in [0.2, 0.25) is 0 Å². The second-order valence-electron chi connectivity index (χ2n) is 5.61. The average molecular weight is 359 g/mol. The molecule has 0 radical (unpaired) electrons. The number of aromatic nitrogens is 1. The Morgan fingerprint density at radius 3 is 2.52 bits per heavy atom. The van der Waals surface area contributed by atoms with Gasteiger partial charge in [0.25, 0.3) is 0 Å². The van der Waals surface area contributed by atoms with E-state index in [2.05, 4.69) is 15.6 Å². The molecular weight excluding hydrogens is 338 g/mol. The number of pyridine rings is 1. The van der Waals surface area contributed by atoms with Crippen molar-refractivity contribution in [3.8, 4) is 0 Å². The first-order chi connectivity index (χ1) is 12.0. The topological polar surface area (TPSA) is 88.2 Å². The van der Waals surface area contributed by atoms with Gasteiger partial charge in [0.1, 0.15) is 5.82 Å². The van der Waals surface area contributed by atoms with Crippen LogP contribution in [0.3, 0.4) is 0 Å². The number of nitrogens with zero attached hydrogens (tertiary/aromatic N) is 1. The Morgan fingerprint density at radius 1 is 1.08 bits per heavy atom. The number of carbonyl (C=O) groups is 3. The Morgan fingerprint density at radius 2 is 1.88 bits per heavy atom. The summed E-state index contributed by atoms with van der Waals surface area (Å²) >= 11 is 1.58. The maximum atomic E-state index is 12.1. The van der Waals surface area contributed by atoms with E-state index in [1.54, 1.807) is 35.7 Å². The van der Waals surface area contributed by atoms with Crippen LogP contribution in [0.1, 0.15) is 39.4 Å². The monoisotopic (exact) mass is 359 g/mol. The van der Waals surface area contributed by atoms with Crippen molar-refractivity contribution in [1.82, 2.24) is 10.3 Å². The second-order valence-corrected chi connectivity index (χ2v) is 7.07. The predicted molar refractivity (Wildman–Crippen MR) is 97.9 cm³/mol. The zero-order valence-electron chi connectivity index (χ0n) is 14.3. The average Bonchev–Trinajstić information content (AvgIpc) is 2.92. The van der Waals surface area contributed by atoms with Gasteiger partial charge in [0.05, 0.1) is 0 Å². The van der Waals surface area contributed by atoms with Gasteiger partial charge in [-0.05, 0) is 32.0 Å². The molecule has 0 aliphatic rings. The van der Waals surface area contributed by atoms with Crippen molar-refractivity contribution in [1.29, 1.82) is 0 Å². The molecule has 0 bridgehead atoms. The van der Waals surface area contributed by atoms with Gasteiger partial charge < -0.3 is 10.6 Å². The largest absolute Gasteiger partial charge is 0.356 e. The van der Waals surface area contributed by atoms with Crippen LogP contribution in [-0.4, -0.2) is 29.1 Å². The van der Waals surface area contributed by atoms with Gasteiger partial charge in [0, 0.05) is 47.3 Å². The molecule has 0 aromatic carbocycles. The van der Waals surface area contributed by atoms with Crippen LogP contribution >= 0.6 is 11.3 Å². The summed E-state index contributed by atoms with van der Waals surface area (Å²) in [5.41, 5.74) is 0.699. The Labute approximate surface area is 150 Å². The van der Waals surface area contributed by atoms with Crippen molar-refractivity contribution >= 4 is 34.8 Å². The summed E-state index contributed by atoms with van der Waals surface area (Å²) in [5, 5.41) is 5.30. The summed E-state index contributed by atoms with van der Waals surface area (Å²) in [5.74, 6) is -0.00113. The lowest BCUT2D eigenvalue weighted by atomic mass is 10.1. The van der Waals surface area contributed by atoms with E-state index in [-0.39, 0.29) is 43.4 Å². The van der Waals surface area contributed by atoms with Crippen molar-refractivity contribution in [2.24, 2.45) is 0 Å². The summed E-state index contributed by atoms with van der Waals surface area (Å²) in [6.07, 6.45) is 2.03. The normalized spacial score (nSPS) is 10.3. The number of nitrogens with one attached hydrogen (secondary N) is 2. The minimum absolute atomic E-state index is 0.0232. The van der Waals surface area contributed by atoms with E-state index in [0.717, 1.165) is 9.75 Å². The molecule has 0 unspecified atom stereocenters. The van der Waals surface area contributed by atoms with Crippen LogP contribution < -0.4 is 10.6 Å². The molecule has 2 N–H and O–H groups in total. The third kappa shape index (κ3) is 6.11. The van der Waals surface area contributed by atoms with Gasteiger partial charge in [-0.2, -0.15) is 0 Å². The zero-order valence-corrected chi connectivity index (χ0v) is 15.1. The maximum Gasteiger partial charge on any atom is 0.227 e. The van der Waals surface area contributed by atoms with E-state index in [0.29, 0.717) is 11.4 Å². The molecule has 6 nitrogen and oxygen atoms in total. The zero-order chi connectivity index (χ0) is 18.2. The van der Waals surface area contributed by atoms with E-state index in [1.165, 1.54) is 0 Å². The first-order valence-electron chi connectivity index (χ1n) is 8.03. The SMILES string of the molecule is Cc1cc(C(=O)CCC(=O)NCCC(=O)Nc2ccccn2)c(C)s1. The van der Waals surface area contributed by atoms with Gasteiger partial charge in [-0.1, -0.05) is 6.07 Å². The van der Waals surface area contributed by atoms with E-state index in [4.69, 9.17) is 0 Å². The number of amides is 2. The molecule has 132 valence electrons. The second kappa shape index (κ2) is 9.08. The van der Waals surface area contributed by atoms with Gasteiger partial charge in [-0.3, -0.25) is 14.4 Å². The maximum absolute atomic E-state index is 12.1. The summed E-state index contributed by atoms with van der Waals surface area (Å²) in [6, 6.07) is 7.09. The highest BCUT2D eigenvalue weighted by atomic mass is 32.1. The van der Waals surface area contributed by atoms with E-state index >= 15 is 0 Å². The molecule has 0 saturated carbocycles. The van der Waals surface area contributed by atoms with E-state index in [9.17, 15) is 14.4 Å². The minimum Gasteiger partial charge on any atom is -0.356 e. The lowest BCUT2D eigenvalue weighted by molar-refractivity contribution is -0.121. The third-order valence-corrected chi connectivity index (χ3v) is 4.49. The van der Waals surface area contributed by atoms with Crippen LogP contribution in [-0.2, 0) is 9.59 Å². The quantitative estimate of drug-likeness (QED) is 0.710. The van der Waals surface area contributed by atoms with Crippen molar-refractivity contribution in [3.05, 3.63) is 45.8 Å². The number of aryl methyl sites for hydroxylation is 2. The molecule has 0 aliphatic carbocycles. The van der Waals surface area contributed by atoms with Gasteiger partial charge in [-0.25, -0.2) is 4.98 Å². The van der Waals surface area contributed by atoms with Gasteiger partial charge >= 0.3 is 0 Å². The molecule has 2 aromatic heterocycles. The van der Waals surface area contributed by atoms with Crippen LogP contribution in [0.15, 0.2) is 30.5 Å². The van der Waals surface area contributed by atoms with E-state index < -0.39 is 0 Å². The number of rotatable bonds is 8. The number of ketones is 1. The Kier molecular flexibility index (Phi) is 6.82. The van der Waals surface area contributed by atoms with Crippen molar-refractivity contribution in [3.63, 3.8) is 0 Å². The summed E-state index contributed by atoms with van der Waals surface area (Å²) in [4.78, 5) is 41.7. The lowest BCUT2D eigenvalue weighted by Gasteiger charge is -2.06. The van der Waals surface area contributed by atoms with Crippen molar-refractivity contribution < 1.29 is 14.4 Å². The lowest BCUT2D eigenvalue weighted by Crippen LogP contribution is -2.28. The highest BCUT2D eigenvalue weighted by Crippen LogP contribution is 2.22. The van der Waals surface area contributed by atoms with Crippen molar-refractivity contribution in [2.45, 2.75) is 33.1 Å². The van der Waals surface area contributed by atoms with Crippen LogP contribution in [0.25, 0.3) is 0 Å². The number of hydrogen-bond acceptors (Lipinski definition) is 5. The molecule has 2 aromatic rings. The smallest absolute Gasteiger partial charge is 0.227 e. The highest BCUT2D eigenvalue weighted by molar-refractivity contribution is 7.12. The molecule has 7 heteroatoms. The number of thiophene rings is 1. The fourth-order valence-electron chi connectivity index (χ4n) is 2.32. The minimum atomic E-state index is -0.233. The molecule has 25 heavy (non-hydrogen) atoms. The van der Waals surface area contributed by atoms with Gasteiger partial charge in [0.2, 0.25) is 11.8 Å². The Bertz CT molecular complexity index is 756. The molecular formula is C18H21N3O3S. The first-order valence-corrected chi connectivity index (χ1v) is 8.85. The molecule has 2 heterocycles. The molecule has 0 fully saturated rings. The molecule has 0 saturated heterocycles. The van der Waals surface area contributed by atoms with Crippen LogP contribution in [0.4, 0.5) is 5.82 Å². The highest BCUT2D eigenvalue weighted by Gasteiger charge is 2.14. The summed E-state index contributed by atoms with van der Waals surface area (Å²) in [7, 11) is 0. The first kappa shape index (κ1) is 18.8. The molecule has 2 amide bonds. The Balaban J connectivity index is 1.66. The van der Waals surface area contributed by atoms with Crippen LogP contribution in [0, 0.1) is 13.8 Å². The fourth-order valence-corrected chi connectivity index (χ4v) is 3.26.